The molecule has 2 heteroatoms. The van der Waals surface area contributed by atoms with Crippen LogP contribution in [0.1, 0.15) is 5.56 Å². The molecule has 0 saturated heterocycles. The van der Waals surface area contributed by atoms with Crippen molar-refractivity contribution in [2.45, 2.75) is 6.54 Å². The van der Waals surface area contributed by atoms with Crippen LogP contribution in [-0.2, 0) is 32.7 Å². The predicted molar refractivity (Wildman–Crippen MR) is 33.2 cm³/mol. The smallest absolute Gasteiger partial charge is 0.0178 e. The van der Waals surface area contributed by atoms with E-state index < -0.39 is 0 Å². The third-order valence-electron chi connectivity index (χ3n) is 1.02. The van der Waals surface area contributed by atoms with Gasteiger partial charge in [-0.1, -0.05) is 24.3 Å². The zero-order chi connectivity index (χ0) is 5.82. The second kappa shape index (κ2) is 4.90. The molecule has 1 aromatic carbocycles. The number of rotatable bonds is 1. The summed E-state index contributed by atoms with van der Waals surface area (Å²) in [6.45, 7) is 0.620. The number of benzene rings is 1. The molecule has 0 aliphatic heterocycles. The van der Waals surface area contributed by atoms with Crippen LogP contribution in [0.25, 0.3) is 0 Å². The molecule has 0 unspecified atom stereocenters. The topological polar surface area (TPSA) is 26.0 Å². The van der Waals surface area contributed by atoms with Gasteiger partial charge in [0.15, 0.2) is 0 Å². The normalized spacial score (nSPS) is 8.11. The van der Waals surface area contributed by atoms with E-state index in [1.54, 1.807) is 0 Å². The van der Waals surface area contributed by atoms with Gasteiger partial charge < -0.3 is 5.73 Å². The second-order valence-corrected chi connectivity index (χ2v) is 1.61. The Morgan fingerprint density at radius 2 is 1.89 bits per heavy atom. The average Bonchev–Trinajstić information content (AvgIpc) is 1.90. The van der Waals surface area contributed by atoms with Gasteiger partial charge >= 0.3 is 0 Å². The Morgan fingerprint density at radius 3 is 2.22 bits per heavy atom. The standard InChI is InChI=1S/C7H8N.Zr/c8-6-7-4-2-1-3-5-7;/h2-5H,6,8H2;. The van der Waals surface area contributed by atoms with Crippen molar-refractivity contribution >= 4 is 0 Å². The van der Waals surface area contributed by atoms with Crippen LogP contribution in [0.4, 0.5) is 0 Å². The molecule has 0 heterocycles. The fourth-order valence-corrected chi connectivity index (χ4v) is 0.557. The van der Waals surface area contributed by atoms with Crippen LogP contribution in [0.5, 0.6) is 0 Å². The Balaban J connectivity index is 0.000000640. The van der Waals surface area contributed by atoms with Crippen LogP contribution < -0.4 is 5.73 Å². The molecule has 2 N–H and O–H groups in total. The molecule has 0 amide bonds. The number of nitrogens with two attached hydrogens (primary N) is 1. The molecule has 0 saturated carbocycles. The van der Waals surface area contributed by atoms with Gasteiger partial charge in [-0.2, -0.15) is 0 Å². The summed E-state index contributed by atoms with van der Waals surface area (Å²) in [5.41, 5.74) is 6.49. The first-order chi connectivity index (χ1) is 3.93. The summed E-state index contributed by atoms with van der Waals surface area (Å²) in [6.07, 6.45) is 0. The zero-order valence-corrected chi connectivity index (χ0v) is 7.55. The predicted octanol–water partition coefficient (Wildman–Crippen LogP) is 0.943. The first-order valence-corrected chi connectivity index (χ1v) is 2.58. The zero-order valence-electron chi connectivity index (χ0n) is 5.09. The largest absolute Gasteiger partial charge is 0.326 e. The monoisotopic (exact) mass is 196 g/mol. The third-order valence-corrected chi connectivity index (χ3v) is 1.02. The van der Waals surface area contributed by atoms with Crippen molar-refractivity contribution in [3.63, 3.8) is 0 Å². The molecule has 1 aromatic rings. The van der Waals surface area contributed by atoms with Crippen molar-refractivity contribution in [3.05, 3.63) is 35.9 Å². The molecule has 0 bridgehead atoms. The van der Waals surface area contributed by atoms with E-state index in [9.17, 15) is 0 Å². The Kier molecular flexibility index (Phi) is 4.93. The van der Waals surface area contributed by atoms with E-state index in [0.717, 1.165) is 5.56 Å². The van der Waals surface area contributed by atoms with Gasteiger partial charge in [-0.25, -0.2) is 0 Å². The van der Waals surface area contributed by atoms with Gasteiger partial charge in [-0.15, -0.1) is 0 Å². The van der Waals surface area contributed by atoms with Gasteiger partial charge in [0.05, 0.1) is 0 Å². The Labute approximate surface area is 74.4 Å². The molecule has 0 fully saturated rings. The van der Waals surface area contributed by atoms with E-state index in [0.29, 0.717) is 6.54 Å². The van der Waals surface area contributed by atoms with Crippen molar-refractivity contribution in [2.24, 2.45) is 5.73 Å². The maximum Gasteiger partial charge on any atom is 0.0178 e. The van der Waals surface area contributed by atoms with Gasteiger partial charge in [0.25, 0.3) is 0 Å². The summed E-state index contributed by atoms with van der Waals surface area (Å²) >= 11 is 0. The molecule has 0 aliphatic rings. The maximum atomic E-state index is 5.34. The first kappa shape index (κ1) is 9.06. The van der Waals surface area contributed by atoms with Gasteiger partial charge in [0.1, 0.15) is 0 Å². The quantitative estimate of drug-likeness (QED) is 0.712. The summed E-state index contributed by atoms with van der Waals surface area (Å²) in [5, 5.41) is 0. The molecule has 1 rings (SSSR count). The number of hydrogen-bond acceptors (Lipinski definition) is 1. The molecule has 0 aliphatic carbocycles. The van der Waals surface area contributed by atoms with Crippen LogP contribution in [0, 0.1) is 6.07 Å². The van der Waals surface area contributed by atoms with Crippen molar-refractivity contribution in [1.82, 2.24) is 0 Å². The molecule has 0 atom stereocenters. The van der Waals surface area contributed by atoms with E-state index in [1.807, 2.05) is 24.3 Å². The van der Waals surface area contributed by atoms with Gasteiger partial charge in [0.2, 0.25) is 0 Å². The van der Waals surface area contributed by atoms with E-state index in [4.69, 9.17) is 5.73 Å². The second-order valence-electron chi connectivity index (χ2n) is 1.61. The van der Waals surface area contributed by atoms with Crippen LogP contribution in [-0.4, -0.2) is 0 Å². The van der Waals surface area contributed by atoms with Crippen LogP contribution in [0.3, 0.4) is 0 Å². The van der Waals surface area contributed by atoms with Crippen molar-refractivity contribution in [1.29, 1.82) is 0 Å². The van der Waals surface area contributed by atoms with Crippen molar-refractivity contribution < 1.29 is 26.2 Å². The molecule has 1 nitrogen and oxygen atoms in total. The van der Waals surface area contributed by atoms with E-state index >= 15 is 0 Å². The van der Waals surface area contributed by atoms with Gasteiger partial charge in [-0.05, 0) is 11.6 Å². The van der Waals surface area contributed by atoms with E-state index in [-0.39, 0.29) is 26.2 Å². The van der Waals surface area contributed by atoms with E-state index in [1.165, 1.54) is 0 Å². The average molecular weight is 197 g/mol. The molecule has 9 heavy (non-hydrogen) atoms. The number of hydrogen-bond donors (Lipinski definition) is 1. The Morgan fingerprint density at radius 1 is 1.33 bits per heavy atom. The molecule has 1 radical (unpaired) electrons. The van der Waals surface area contributed by atoms with E-state index in [2.05, 4.69) is 6.07 Å². The van der Waals surface area contributed by atoms with Crippen molar-refractivity contribution in [2.75, 3.05) is 0 Å². The maximum absolute atomic E-state index is 5.34. The minimum atomic E-state index is 0. The SMILES string of the molecule is NCc1cc[c]cc1.[Zr]. The minimum absolute atomic E-state index is 0. The molecule has 0 aromatic heterocycles. The van der Waals surface area contributed by atoms with Gasteiger partial charge in [0, 0.05) is 32.7 Å². The molecule has 45 valence electrons. The Bertz CT molecular complexity index is 150. The molecular formula is C7H8NZr. The Hall–Kier alpha value is 0.0631. The van der Waals surface area contributed by atoms with Crippen LogP contribution in [0.15, 0.2) is 24.3 Å². The summed E-state index contributed by atoms with van der Waals surface area (Å²) in [7, 11) is 0. The van der Waals surface area contributed by atoms with Crippen LogP contribution >= 0.6 is 0 Å². The van der Waals surface area contributed by atoms with Gasteiger partial charge in [-0.3, -0.25) is 0 Å². The summed E-state index contributed by atoms with van der Waals surface area (Å²) in [6, 6.07) is 10.6. The summed E-state index contributed by atoms with van der Waals surface area (Å²) in [4.78, 5) is 0. The fraction of sp³-hybridized carbons (Fsp3) is 0.143. The minimum Gasteiger partial charge on any atom is -0.326 e. The third kappa shape index (κ3) is 2.93. The van der Waals surface area contributed by atoms with Crippen LogP contribution in [0.2, 0.25) is 0 Å². The first-order valence-electron chi connectivity index (χ1n) is 2.58. The molecular weight excluding hydrogens is 189 g/mol. The van der Waals surface area contributed by atoms with Crippen molar-refractivity contribution in [3.8, 4) is 0 Å². The molecule has 0 spiro atoms. The summed E-state index contributed by atoms with van der Waals surface area (Å²) < 4.78 is 0. The summed E-state index contributed by atoms with van der Waals surface area (Å²) in [5.74, 6) is 0. The fourth-order valence-electron chi connectivity index (χ4n) is 0.557.